The highest BCUT2D eigenvalue weighted by Crippen LogP contribution is 2.19. The van der Waals surface area contributed by atoms with E-state index in [9.17, 15) is 0 Å². The normalized spacial score (nSPS) is 22.0. The molecule has 2 nitrogen and oxygen atoms in total. The summed E-state index contributed by atoms with van der Waals surface area (Å²) in [4.78, 5) is 0. The maximum Gasteiger partial charge on any atom is 0.0595 e. The Labute approximate surface area is 111 Å². The van der Waals surface area contributed by atoms with Gasteiger partial charge in [-0.05, 0) is 67.0 Å². The number of nitrogens with one attached hydrogen (secondary N) is 1. The van der Waals surface area contributed by atoms with E-state index in [0.29, 0.717) is 12.1 Å². The highest BCUT2D eigenvalue weighted by Gasteiger charge is 2.18. The first-order valence-electron chi connectivity index (χ1n) is 5.88. The van der Waals surface area contributed by atoms with Crippen molar-refractivity contribution in [3.8, 4) is 0 Å². The summed E-state index contributed by atoms with van der Waals surface area (Å²) in [5.74, 6) is 0. The lowest BCUT2D eigenvalue weighted by molar-refractivity contribution is 0.101. The smallest absolute Gasteiger partial charge is 0.0595 e. The summed E-state index contributed by atoms with van der Waals surface area (Å²) in [7, 11) is 0. The van der Waals surface area contributed by atoms with Gasteiger partial charge in [0.05, 0.1) is 6.10 Å². The predicted molar refractivity (Wildman–Crippen MR) is 75.8 cm³/mol. The van der Waals surface area contributed by atoms with Crippen molar-refractivity contribution in [1.29, 1.82) is 0 Å². The van der Waals surface area contributed by atoms with Gasteiger partial charge in [0.15, 0.2) is 0 Å². The number of benzene rings is 1. The zero-order valence-corrected chi connectivity index (χ0v) is 11.7. The number of rotatable bonds is 4. The third kappa shape index (κ3) is 3.63. The van der Waals surface area contributed by atoms with E-state index in [1.165, 1.54) is 22.1 Å². The second-order valence-corrected chi connectivity index (χ2v) is 5.67. The summed E-state index contributed by atoms with van der Waals surface area (Å²) in [6, 6.07) is 8.96. The van der Waals surface area contributed by atoms with Gasteiger partial charge >= 0.3 is 0 Å². The molecular weight excluding hydrogens is 313 g/mol. The molecule has 2 unspecified atom stereocenters. The Morgan fingerprint density at radius 1 is 1.56 bits per heavy atom. The van der Waals surface area contributed by atoms with Crippen molar-refractivity contribution in [1.82, 2.24) is 0 Å². The van der Waals surface area contributed by atoms with Crippen LogP contribution in [0.3, 0.4) is 0 Å². The summed E-state index contributed by atoms with van der Waals surface area (Å²) < 4.78 is 6.91. The maximum absolute atomic E-state index is 5.64. The molecular formula is C13H18INO. The number of ether oxygens (including phenoxy) is 1. The van der Waals surface area contributed by atoms with Crippen LogP contribution in [0.25, 0.3) is 0 Å². The van der Waals surface area contributed by atoms with Crippen LogP contribution < -0.4 is 5.32 Å². The van der Waals surface area contributed by atoms with Gasteiger partial charge in [0.2, 0.25) is 0 Å². The van der Waals surface area contributed by atoms with Gasteiger partial charge in [-0.2, -0.15) is 0 Å². The molecule has 1 fully saturated rings. The molecule has 0 saturated carbocycles. The fourth-order valence-corrected chi connectivity index (χ4v) is 2.69. The lowest BCUT2D eigenvalue weighted by Crippen LogP contribution is -2.22. The van der Waals surface area contributed by atoms with E-state index in [0.717, 1.165) is 13.0 Å². The van der Waals surface area contributed by atoms with Crippen molar-refractivity contribution >= 4 is 28.3 Å². The third-order valence-electron chi connectivity index (χ3n) is 2.88. The second-order valence-electron chi connectivity index (χ2n) is 4.43. The second kappa shape index (κ2) is 5.87. The Hall–Kier alpha value is -0.290. The Morgan fingerprint density at radius 3 is 3.12 bits per heavy atom. The average molecular weight is 331 g/mol. The minimum absolute atomic E-state index is 0.463. The monoisotopic (exact) mass is 331 g/mol. The highest BCUT2D eigenvalue weighted by atomic mass is 127. The SMILES string of the molecule is CC(CC1CCCO1)Nc1cccc(I)c1. The minimum Gasteiger partial charge on any atom is -0.382 e. The molecule has 16 heavy (non-hydrogen) atoms. The summed E-state index contributed by atoms with van der Waals surface area (Å²) in [5.41, 5.74) is 1.21. The zero-order chi connectivity index (χ0) is 11.4. The van der Waals surface area contributed by atoms with Gasteiger partial charge in [-0.1, -0.05) is 6.07 Å². The molecule has 0 spiro atoms. The first kappa shape index (κ1) is 12.2. The summed E-state index contributed by atoms with van der Waals surface area (Å²) in [5, 5.41) is 3.52. The van der Waals surface area contributed by atoms with Gasteiger partial charge in [-0.15, -0.1) is 0 Å². The van der Waals surface area contributed by atoms with E-state index in [1.54, 1.807) is 0 Å². The van der Waals surface area contributed by atoms with Crippen LogP contribution in [-0.4, -0.2) is 18.8 Å². The molecule has 1 aliphatic rings. The quantitative estimate of drug-likeness (QED) is 0.850. The molecule has 0 aromatic heterocycles. The fourth-order valence-electron chi connectivity index (χ4n) is 2.15. The molecule has 1 aliphatic heterocycles. The minimum atomic E-state index is 0.463. The van der Waals surface area contributed by atoms with Crippen LogP contribution in [0, 0.1) is 3.57 Å². The number of hydrogen-bond donors (Lipinski definition) is 1. The van der Waals surface area contributed by atoms with Crippen LogP contribution in [-0.2, 0) is 4.74 Å². The topological polar surface area (TPSA) is 21.3 Å². The summed E-state index contributed by atoms with van der Waals surface area (Å²) in [6.07, 6.45) is 4.01. The van der Waals surface area contributed by atoms with Crippen LogP contribution in [0.15, 0.2) is 24.3 Å². The Bertz CT molecular complexity index is 336. The average Bonchev–Trinajstić information content (AvgIpc) is 2.70. The van der Waals surface area contributed by atoms with Crippen LogP contribution >= 0.6 is 22.6 Å². The van der Waals surface area contributed by atoms with Crippen molar-refractivity contribution in [3.05, 3.63) is 27.8 Å². The van der Waals surface area contributed by atoms with Gasteiger partial charge in [0.25, 0.3) is 0 Å². The Balaban J connectivity index is 1.84. The van der Waals surface area contributed by atoms with Crippen molar-refractivity contribution in [2.75, 3.05) is 11.9 Å². The number of halogens is 1. The van der Waals surface area contributed by atoms with Gasteiger partial charge in [-0.25, -0.2) is 0 Å². The summed E-state index contributed by atoms with van der Waals surface area (Å²) >= 11 is 2.34. The van der Waals surface area contributed by atoms with Crippen LogP contribution in [0.5, 0.6) is 0 Å². The molecule has 1 N–H and O–H groups in total. The van der Waals surface area contributed by atoms with Crippen LogP contribution in [0.2, 0.25) is 0 Å². The standard InChI is InChI=1S/C13H18INO/c1-10(8-13-6-3-7-16-13)15-12-5-2-4-11(14)9-12/h2,4-5,9-10,13,15H,3,6-8H2,1H3. The molecule has 0 aliphatic carbocycles. The highest BCUT2D eigenvalue weighted by molar-refractivity contribution is 14.1. The van der Waals surface area contributed by atoms with Crippen LogP contribution in [0.4, 0.5) is 5.69 Å². The van der Waals surface area contributed by atoms with E-state index in [1.807, 2.05) is 0 Å². The summed E-state index contributed by atoms with van der Waals surface area (Å²) in [6.45, 7) is 3.17. The molecule has 1 heterocycles. The number of anilines is 1. The fraction of sp³-hybridized carbons (Fsp3) is 0.538. The molecule has 0 bridgehead atoms. The van der Waals surface area contributed by atoms with Crippen molar-refractivity contribution in [3.63, 3.8) is 0 Å². The van der Waals surface area contributed by atoms with E-state index in [-0.39, 0.29) is 0 Å². The van der Waals surface area contributed by atoms with Gasteiger partial charge < -0.3 is 10.1 Å². The van der Waals surface area contributed by atoms with E-state index >= 15 is 0 Å². The van der Waals surface area contributed by atoms with Crippen molar-refractivity contribution in [2.24, 2.45) is 0 Å². The van der Waals surface area contributed by atoms with Crippen molar-refractivity contribution < 1.29 is 4.74 Å². The van der Waals surface area contributed by atoms with Gasteiger partial charge in [0, 0.05) is 21.9 Å². The van der Waals surface area contributed by atoms with E-state index < -0.39 is 0 Å². The van der Waals surface area contributed by atoms with E-state index in [2.05, 4.69) is 59.1 Å². The molecule has 1 aromatic rings. The van der Waals surface area contributed by atoms with Crippen molar-refractivity contribution in [2.45, 2.75) is 38.3 Å². The first-order valence-corrected chi connectivity index (χ1v) is 6.95. The molecule has 0 amide bonds. The lowest BCUT2D eigenvalue weighted by Gasteiger charge is -2.18. The number of hydrogen-bond acceptors (Lipinski definition) is 2. The third-order valence-corrected chi connectivity index (χ3v) is 3.55. The molecule has 2 rings (SSSR count). The van der Waals surface area contributed by atoms with E-state index in [4.69, 9.17) is 4.74 Å². The van der Waals surface area contributed by atoms with Gasteiger partial charge in [0.1, 0.15) is 0 Å². The molecule has 3 heteroatoms. The molecule has 1 aromatic carbocycles. The van der Waals surface area contributed by atoms with Gasteiger partial charge in [-0.3, -0.25) is 0 Å². The Kier molecular flexibility index (Phi) is 4.46. The van der Waals surface area contributed by atoms with Crippen LogP contribution in [0.1, 0.15) is 26.2 Å². The molecule has 88 valence electrons. The zero-order valence-electron chi connectivity index (χ0n) is 9.58. The Morgan fingerprint density at radius 2 is 2.44 bits per heavy atom. The first-order chi connectivity index (χ1) is 7.74. The maximum atomic E-state index is 5.64. The predicted octanol–water partition coefficient (Wildman–Crippen LogP) is 3.66. The molecule has 0 radical (unpaired) electrons. The molecule has 1 saturated heterocycles. The lowest BCUT2D eigenvalue weighted by atomic mass is 10.1. The molecule has 2 atom stereocenters. The largest absolute Gasteiger partial charge is 0.382 e.